The molecule has 0 spiro atoms. The summed E-state index contributed by atoms with van der Waals surface area (Å²) in [5, 5.41) is 3.39. The Morgan fingerprint density at radius 3 is 2.62 bits per heavy atom. The summed E-state index contributed by atoms with van der Waals surface area (Å²) in [5.74, 6) is 1.75. The monoisotopic (exact) mass is 516 g/mol. The lowest BCUT2D eigenvalue weighted by Gasteiger charge is -2.26. The second-order valence-corrected chi connectivity index (χ2v) is 7.65. The zero-order chi connectivity index (χ0) is 20.4. The van der Waals surface area contributed by atoms with Crippen molar-refractivity contribution >= 4 is 35.8 Å². The van der Waals surface area contributed by atoms with Crippen LogP contribution in [0.3, 0.4) is 0 Å². The molecule has 2 rings (SSSR count). The van der Waals surface area contributed by atoms with E-state index in [0.29, 0.717) is 6.54 Å². The molecule has 7 heteroatoms. The Labute approximate surface area is 193 Å². The second kappa shape index (κ2) is 13.8. The predicted molar refractivity (Wildman–Crippen MR) is 130 cm³/mol. The molecule has 1 aliphatic heterocycles. The zero-order valence-electron chi connectivity index (χ0n) is 18.3. The van der Waals surface area contributed by atoms with Crippen LogP contribution in [0.4, 0.5) is 0 Å². The van der Waals surface area contributed by atoms with Gasteiger partial charge in [0.05, 0.1) is 0 Å². The Hall–Kier alpha value is -1.35. The number of amides is 1. The number of guanidine groups is 1. The lowest BCUT2D eigenvalue weighted by Crippen LogP contribution is -2.40. The summed E-state index contributed by atoms with van der Waals surface area (Å²) >= 11 is 0. The number of benzene rings is 1. The van der Waals surface area contributed by atoms with Gasteiger partial charge >= 0.3 is 0 Å². The first-order chi connectivity index (χ1) is 13.5. The van der Waals surface area contributed by atoms with E-state index in [2.05, 4.69) is 30.3 Å². The van der Waals surface area contributed by atoms with Crippen molar-refractivity contribution < 1.29 is 9.53 Å². The quantitative estimate of drug-likeness (QED) is 0.328. The van der Waals surface area contributed by atoms with Crippen molar-refractivity contribution in [2.75, 3.05) is 54.0 Å². The van der Waals surface area contributed by atoms with Gasteiger partial charge in [-0.25, -0.2) is 0 Å². The average Bonchev–Trinajstić information content (AvgIpc) is 2.71. The van der Waals surface area contributed by atoms with Gasteiger partial charge in [-0.05, 0) is 56.2 Å². The maximum atomic E-state index is 12.1. The number of nitrogens with one attached hydrogen (secondary N) is 1. The fourth-order valence-corrected chi connectivity index (χ4v) is 3.40. The highest BCUT2D eigenvalue weighted by atomic mass is 127. The Morgan fingerprint density at radius 2 is 1.97 bits per heavy atom. The van der Waals surface area contributed by atoms with E-state index in [1.807, 2.05) is 18.2 Å². The number of hydrogen-bond acceptors (Lipinski definition) is 3. The molecule has 0 unspecified atom stereocenters. The standard InChI is InChI=1S/C22H36N4O2.HI/c1-5-23-22(26(4)14-10-18-11-15-28-16-12-18)24-13-9-19-7-6-8-20(17-19)21(27)25(2)3;/h6-8,17-18H,5,9-16H2,1-4H3,(H,23,24);1H. The molecule has 0 saturated carbocycles. The third-order valence-electron chi connectivity index (χ3n) is 5.15. The summed E-state index contributed by atoms with van der Waals surface area (Å²) in [6.07, 6.45) is 4.34. The smallest absolute Gasteiger partial charge is 0.253 e. The summed E-state index contributed by atoms with van der Waals surface area (Å²) in [6.45, 7) is 6.45. The largest absolute Gasteiger partial charge is 0.381 e. The van der Waals surface area contributed by atoms with Crippen LogP contribution in [0.15, 0.2) is 29.3 Å². The van der Waals surface area contributed by atoms with E-state index in [1.54, 1.807) is 19.0 Å². The Kier molecular flexibility index (Phi) is 12.2. The first-order valence-electron chi connectivity index (χ1n) is 10.4. The van der Waals surface area contributed by atoms with Gasteiger partial charge in [0.15, 0.2) is 5.96 Å². The average molecular weight is 516 g/mol. The van der Waals surface area contributed by atoms with Crippen LogP contribution in [0.2, 0.25) is 0 Å². The summed E-state index contributed by atoms with van der Waals surface area (Å²) in [5.41, 5.74) is 1.86. The minimum absolute atomic E-state index is 0. The van der Waals surface area contributed by atoms with Gasteiger partial charge in [-0.15, -0.1) is 24.0 Å². The zero-order valence-corrected chi connectivity index (χ0v) is 20.6. The third kappa shape index (κ3) is 8.90. The van der Waals surface area contributed by atoms with Gasteiger partial charge in [0.2, 0.25) is 0 Å². The Balaban J connectivity index is 0.00000420. The number of nitrogens with zero attached hydrogens (tertiary/aromatic N) is 3. The summed E-state index contributed by atoms with van der Waals surface area (Å²) < 4.78 is 5.45. The van der Waals surface area contributed by atoms with Gasteiger partial charge < -0.3 is 19.9 Å². The molecule has 6 nitrogen and oxygen atoms in total. The van der Waals surface area contributed by atoms with Crippen molar-refractivity contribution in [3.8, 4) is 0 Å². The predicted octanol–water partition coefficient (Wildman–Crippen LogP) is 3.26. The third-order valence-corrected chi connectivity index (χ3v) is 5.15. The molecular formula is C22H37IN4O2. The van der Waals surface area contributed by atoms with E-state index >= 15 is 0 Å². The first kappa shape index (κ1) is 25.7. The van der Waals surface area contributed by atoms with Crippen molar-refractivity contribution in [1.29, 1.82) is 0 Å². The van der Waals surface area contributed by atoms with E-state index in [0.717, 1.165) is 55.7 Å². The normalized spacial score (nSPS) is 14.8. The van der Waals surface area contributed by atoms with Crippen LogP contribution < -0.4 is 5.32 Å². The van der Waals surface area contributed by atoms with Crippen LogP contribution in [0.5, 0.6) is 0 Å². The summed E-state index contributed by atoms with van der Waals surface area (Å²) in [4.78, 5) is 20.8. The number of aliphatic imine (C=N–C) groups is 1. The van der Waals surface area contributed by atoms with E-state index < -0.39 is 0 Å². The van der Waals surface area contributed by atoms with E-state index in [-0.39, 0.29) is 29.9 Å². The fourth-order valence-electron chi connectivity index (χ4n) is 3.40. The minimum Gasteiger partial charge on any atom is -0.381 e. The van der Waals surface area contributed by atoms with E-state index in [1.165, 1.54) is 19.3 Å². The van der Waals surface area contributed by atoms with Crippen LogP contribution in [0.25, 0.3) is 0 Å². The van der Waals surface area contributed by atoms with Crippen LogP contribution >= 0.6 is 24.0 Å². The molecule has 0 aromatic heterocycles. The maximum Gasteiger partial charge on any atom is 0.253 e. The summed E-state index contributed by atoms with van der Waals surface area (Å²) in [7, 11) is 5.66. The van der Waals surface area contributed by atoms with Crippen LogP contribution in [0, 0.1) is 5.92 Å². The molecule has 1 aromatic carbocycles. The highest BCUT2D eigenvalue weighted by Gasteiger charge is 2.15. The number of carbonyl (C=O) groups is 1. The molecule has 1 saturated heterocycles. The van der Waals surface area contributed by atoms with Gasteiger partial charge in [-0.3, -0.25) is 9.79 Å². The summed E-state index contributed by atoms with van der Waals surface area (Å²) in [6, 6.07) is 7.84. The molecule has 29 heavy (non-hydrogen) atoms. The number of hydrogen-bond donors (Lipinski definition) is 1. The van der Waals surface area contributed by atoms with E-state index in [4.69, 9.17) is 9.73 Å². The first-order valence-corrected chi connectivity index (χ1v) is 10.4. The van der Waals surface area contributed by atoms with Crippen LogP contribution in [0.1, 0.15) is 42.1 Å². The number of carbonyl (C=O) groups excluding carboxylic acids is 1. The maximum absolute atomic E-state index is 12.1. The topological polar surface area (TPSA) is 57.2 Å². The molecule has 0 aliphatic carbocycles. The van der Waals surface area contributed by atoms with Crippen molar-refractivity contribution in [1.82, 2.24) is 15.1 Å². The molecule has 164 valence electrons. The molecule has 0 atom stereocenters. The molecule has 1 heterocycles. The van der Waals surface area contributed by atoms with Crippen molar-refractivity contribution in [2.45, 2.75) is 32.6 Å². The van der Waals surface area contributed by atoms with Crippen molar-refractivity contribution in [2.24, 2.45) is 10.9 Å². The lowest BCUT2D eigenvalue weighted by atomic mass is 9.96. The Bertz CT molecular complexity index is 645. The molecule has 1 aliphatic rings. The molecule has 0 bridgehead atoms. The SMILES string of the molecule is CCNC(=NCCc1cccc(C(=O)N(C)C)c1)N(C)CCC1CCOCC1.I. The van der Waals surface area contributed by atoms with Crippen molar-refractivity contribution in [3.63, 3.8) is 0 Å². The highest BCUT2D eigenvalue weighted by molar-refractivity contribution is 14.0. The van der Waals surface area contributed by atoms with Gasteiger partial charge in [0.25, 0.3) is 5.91 Å². The molecule has 1 aromatic rings. The number of halogens is 1. The highest BCUT2D eigenvalue weighted by Crippen LogP contribution is 2.18. The van der Waals surface area contributed by atoms with Crippen LogP contribution in [-0.4, -0.2) is 75.7 Å². The number of rotatable bonds is 8. The van der Waals surface area contributed by atoms with Gasteiger partial charge in [-0.1, -0.05) is 12.1 Å². The molecule has 1 N–H and O–H groups in total. The molecular weight excluding hydrogens is 479 g/mol. The molecule has 1 amide bonds. The van der Waals surface area contributed by atoms with E-state index in [9.17, 15) is 4.79 Å². The molecule has 1 fully saturated rings. The number of ether oxygens (including phenoxy) is 1. The van der Waals surface area contributed by atoms with Gasteiger partial charge in [-0.2, -0.15) is 0 Å². The van der Waals surface area contributed by atoms with Crippen LogP contribution in [-0.2, 0) is 11.2 Å². The van der Waals surface area contributed by atoms with Gasteiger partial charge in [0, 0.05) is 59.6 Å². The molecule has 0 radical (unpaired) electrons. The fraction of sp³-hybridized carbons (Fsp3) is 0.636. The van der Waals surface area contributed by atoms with Gasteiger partial charge in [0.1, 0.15) is 0 Å². The van der Waals surface area contributed by atoms with Crippen molar-refractivity contribution in [3.05, 3.63) is 35.4 Å². The minimum atomic E-state index is 0. The Morgan fingerprint density at radius 1 is 1.24 bits per heavy atom. The second-order valence-electron chi connectivity index (χ2n) is 7.65. The lowest BCUT2D eigenvalue weighted by molar-refractivity contribution is 0.0625.